The van der Waals surface area contributed by atoms with Crippen molar-refractivity contribution < 1.29 is 4.79 Å². The maximum Gasteiger partial charge on any atom is 0.234 e. The Labute approximate surface area is 163 Å². The second kappa shape index (κ2) is 9.28. The molecule has 1 N–H and O–H groups in total. The van der Waals surface area contributed by atoms with Gasteiger partial charge in [-0.1, -0.05) is 37.7 Å². The van der Waals surface area contributed by atoms with Gasteiger partial charge in [0, 0.05) is 36.3 Å². The Morgan fingerprint density at radius 2 is 1.96 bits per heavy atom. The highest BCUT2D eigenvalue weighted by Gasteiger charge is 2.13. The third-order valence-electron chi connectivity index (χ3n) is 4.17. The summed E-state index contributed by atoms with van der Waals surface area (Å²) < 4.78 is 0. The van der Waals surface area contributed by atoms with Crippen LogP contribution in [0.5, 0.6) is 0 Å². The third-order valence-corrected chi connectivity index (χ3v) is 6.04. The van der Waals surface area contributed by atoms with Gasteiger partial charge in [0.05, 0.1) is 5.75 Å². The number of rotatable bonds is 6. The molecule has 1 aliphatic rings. The molecule has 2 aromatic rings. The van der Waals surface area contributed by atoms with Gasteiger partial charge in [0.15, 0.2) is 0 Å². The molecule has 5 nitrogen and oxygen atoms in total. The minimum Gasteiger partial charge on any atom is -0.355 e. The van der Waals surface area contributed by atoms with Gasteiger partial charge in [0.1, 0.15) is 17.2 Å². The first kappa shape index (κ1) is 19.0. The predicted octanol–water partition coefficient (Wildman–Crippen LogP) is 3.88. The van der Waals surface area contributed by atoms with Crippen molar-refractivity contribution in [3.8, 4) is 0 Å². The summed E-state index contributed by atoms with van der Waals surface area (Å²) >= 11 is 3.41. The van der Waals surface area contributed by atoms with Crippen LogP contribution in [0.1, 0.15) is 25.3 Å². The van der Waals surface area contributed by atoms with Gasteiger partial charge in [-0.2, -0.15) is 11.8 Å². The first-order valence-corrected chi connectivity index (χ1v) is 10.9. The Morgan fingerprint density at radius 1 is 1.23 bits per heavy atom. The number of aromatic nitrogens is 2. The fourth-order valence-electron chi connectivity index (χ4n) is 2.66. The second-order valence-electron chi connectivity index (χ2n) is 6.43. The molecule has 1 fully saturated rings. The summed E-state index contributed by atoms with van der Waals surface area (Å²) in [7, 11) is 0. The fraction of sp³-hybridized carbons (Fsp3) is 0.421. The van der Waals surface area contributed by atoms with Crippen molar-refractivity contribution in [2.45, 2.75) is 24.8 Å². The molecule has 0 saturated carbocycles. The summed E-state index contributed by atoms with van der Waals surface area (Å²) in [6, 6.07) is 10.00. The van der Waals surface area contributed by atoms with Gasteiger partial charge < -0.3 is 10.2 Å². The van der Waals surface area contributed by atoms with Crippen LogP contribution >= 0.6 is 23.5 Å². The number of carbonyl (C=O) groups is 1. The zero-order valence-corrected chi connectivity index (χ0v) is 16.8. The molecule has 3 rings (SSSR count). The molecule has 0 spiro atoms. The van der Waals surface area contributed by atoms with Crippen LogP contribution in [0.15, 0.2) is 41.7 Å². The number of benzene rings is 1. The first-order chi connectivity index (χ1) is 12.6. The van der Waals surface area contributed by atoms with Crippen molar-refractivity contribution in [1.82, 2.24) is 9.97 Å². The van der Waals surface area contributed by atoms with Crippen LogP contribution in [0.3, 0.4) is 0 Å². The number of anilines is 2. The number of thioether (sulfide) groups is 2. The number of nitrogens with one attached hydrogen (secondary N) is 1. The van der Waals surface area contributed by atoms with E-state index in [9.17, 15) is 4.79 Å². The van der Waals surface area contributed by atoms with E-state index in [4.69, 9.17) is 0 Å². The minimum atomic E-state index is -0.0261. The number of amides is 1. The zero-order chi connectivity index (χ0) is 18.4. The summed E-state index contributed by atoms with van der Waals surface area (Å²) in [4.78, 5) is 23.1. The highest BCUT2D eigenvalue weighted by Crippen LogP contribution is 2.22. The number of nitrogens with zero attached hydrogens (tertiary/aromatic N) is 3. The molecule has 7 heteroatoms. The molecule has 1 saturated heterocycles. The van der Waals surface area contributed by atoms with Crippen LogP contribution in [-0.2, 0) is 4.79 Å². The Hall–Kier alpha value is -1.73. The molecule has 0 unspecified atom stereocenters. The molecule has 1 aromatic heterocycles. The van der Waals surface area contributed by atoms with E-state index >= 15 is 0 Å². The lowest BCUT2D eigenvalue weighted by atomic mass is 10.0. The van der Waals surface area contributed by atoms with E-state index in [0.29, 0.717) is 11.7 Å². The monoisotopic (exact) mass is 388 g/mol. The summed E-state index contributed by atoms with van der Waals surface area (Å²) in [5, 5.41) is 3.77. The molecule has 1 amide bonds. The summed E-state index contributed by atoms with van der Waals surface area (Å²) in [6.45, 7) is 6.34. The Balaban J connectivity index is 1.52. The van der Waals surface area contributed by atoms with Gasteiger partial charge in [-0.05, 0) is 23.6 Å². The van der Waals surface area contributed by atoms with E-state index in [0.717, 1.165) is 41.1 Å². The van der Waals surface area contributed by atoms with Gasteiger partial charge in [0.2, 0.25) is 5.91 Å². The van der Waals surface area contributed by atoms with Crippen LogP contribution < -0.4 is 10.2 Å². The van der Waals surface area contributed by atoms with Gasteiger partial charge in [-0.15, -0.1) is 0 Å². The molecule has 138 valence electrons. The van der Waals surface area contributed by atoms with Gasteiger partial charge >= 0.3 is 0 Å². The van der Waals surface area contributed by atoms with Gasteiger partial charge in [-0.25, -0.2) is 9.97 Å². The molecular weight excluding hydrogens is 364 g/mol. The summed E-state index contributed by atoms with van der Waals surface area (Å²) in [5.41, 5.74) is 2.09. The quantitative estimate of drug-likeness (QED) is 0.599. The van der Waals surface area contributed by atoms with Crippen molar-refractivity contribution >= 4 is 40.9 Å². The van der Waals surface area contributed by atoms with Crippen LogP contribution in [0.2, 0.25) is 0 Å². The van der Waals surface area contributed by atoms with Crippen LogP contribution in [0.25, 0.3) is 0 Å². The lowest BCUT2D eigenvalue weighted by molar-refractivity contribution is -0.113. The Bertz CT molecular complexity index is 731. The summed E-state index contributed by atoms with van der Waals surface area (Å²) in [6.07, 6.45) is 1.59. The minimum absolute atomic E-state index is 0.0261. The molecule has 1 aromatic carbocycles. The average Bonchev–Trinajstić information content (AvgIpc) is 2.68. The maximum absolute atomic E-state index is 12.2. The number of hydrogen-bond acceptors (Lipinski definition) is 6. The lowest BCUT2D eigenvalue weighted by Crippen LogP contribution is -2.33. The van der Waals surface area contributed by atoms with Crippen molar-refractivity contribution in [2.75, 3.05) is 40.6 Å². The van der Waals surface area contributed by atoms with Gasteiger partial charge in [-0.3, -0.25) is 4.79 Å². The lowest BCUT2D eigenvalue weighted by Gasteiger charge is -2.27. The Kier molecular flexibility index (Phi) is 6.80. The molecule has 0 aliphatic carbocycles. The molecule has 0 atom stereocenters. The second-order valence-corrected chi connectivity index (χ2v) is 8.65. The number of hydrogen-bond donors (Lipinski definition) is 1. The van der Waals surface area contributed by atoms with Gasteiger partial charge in [0.25, 0.3) is 0 Å². The fourth-order valence-corrected chi connectivity index (χ4v) is 4.23. The smallest absolute Gasteiger partial charge is 0.234 e. The SMILES string of the molecule is CC(C)c1ccc(NC(=O)CSc2cc(N3CCSCC3)ncn2)cc1. The van der Waals surface area contributed by atoms with Crippen LogP contribution in [0, 0.1) is 0 Å². The molecule has 1 aliphatic heterocycles. The molecular formula is C19H24N4OS2. The maximum atomic E-state index is 12.2. The van der Waals surface area contributed by atoms with Crippen molar-refractivity contribution in [3.05, 3.63) is 42.2 Å². The van der Waals surface area contributed by atoms with E-state index in [-0.39, 0.29) is 5.91 Å². The first-order valence-electron chi connectivity index (χ1n) is 8.79. The largest absolute Gasteiger partial charge is 0.355 e. The average molecular weight is 389 g/mol. The molecule has 2 heterocycles. The number of carbonyl (C=O) groups excluding carboxylic acids is 1. The van der Waals surface area contributed by atoms with E-state index in [2.05, 4.69) is 46.2 Å². The molecule has 0 bridgehead atoms. The van der Waals surface area contributed by atoms with E-state index in [1.54, 1.807) is 6.33 Å². The normalized spacial score (nSPS) is 14.5. The van der Waals surface area contributed by atoms with Crippen LogP contribution in [-0.4, -0.2) is 46.2 Å². The van der Waals surface area contributed by atoms with E-state index in [1.165, 1.54) is 17.3 Å². The van der Waals surface area contributed by atoms with Crippen LogP contribution in [0.4, 0.5) is 11.5 Å². The summed E-state index contributed by atoms with van der Waals surface area (Å²) in [5.74, 6) is 4.00. The standard InChI is InChI=1S/C19H24N4OS2/c1-14(2)15-3-5-16(6-4-15)22-18(24)12-26-19-11-17(20-13-21-19)23-7-9-25-10-8-23/h3-6,11,13-14H,7-10,12H2,1-2H3,(H,22,24). The van der Waals surface area contributed by atoms with Crippen molar-refractivity contribution in [1.29, 1.82) is 0 Å². The third kappa shape index (κ3) is 5.38. The molecule has 0 radical (unpaired) electrons. The Morgan fingerprint density at radius 3 is 2.65 bits per heavy atom. The zero-order valence-electron chi connectivity index (χ0n) is 15.1. The molecule has 26 heavy (non-hydrogen) atoms. The van der Waals surface area contributed by atoms with Crippen molar-refractivity contribution in [3.63, 3.8) is 0 Å². The topological polar surface area (TPSA) is 58.1 Å². The predicted molar refractivity (Wildman–Crippen MR) is 111 cm³/mol. The van der Waals surface area contributed by atoms with Crippen molar-refractivity contribution in [2.24, 2.45) is 0 Å². The van der Waals surface area contributed by atoms with E-state index < -0.39 is 0 Å². The van der Waals surface area contributed by atoms with E-state index in [1.807, 2.05) is 30.0 Å². The highest BCUT2D eigenvalue weighted by atomic mass is 32.2. The highest BCUT2D eigenvalue weighted by molar-refractivity contribution is 8.00.